The highest BCUT2D eigenvalue weighted by Gasteiger charge is 2.33. The van der Waals surface area contributed by atoms with Crippen molar-refractivity contribution in [3.63, 3.8) is 0 Å². The molecule has 0 spiro atoms. The predicted molar refractivity (Wildman–Crippen MR) is 48.1 cm³/mol. The quantitative estimate of drug-likeness (QED) is 0.597. The van der Waals surface area contributed by atoms with Gasteiger partial charge in [-0.2, -0.15) is 0 Å². The number of hydrogen-bond donors (Lipinski definition) is 0. The third kappa shape index (κ3) is 3.10. The Balaban J connectivity index is 3.30. The van der Waals surface area contributed by atoms with Gasteiger partial charge in [-0.05, 0) is 13.0 Å². The van der Waals surface area contributed by atoms with Gasteiger partial charge in [0.05, 0.1) is 10.6 Å². The number of halogens is 5. The molecule has 2 nitrogen and oxygen atoms in total. The van der Waals surface area contributed by atoms with E-state index in [-0.39, 0.29) is 0 Å². The number of carbonyl (C=O) groups is 1. The lowest BCUT2D eigenvalue weighted by molar-refractivity contribution is -0.274. The molecule has 0 radical (unpaired) electrons. The largest absolute Gasteiger partial charge is 0.573 e. The molecule has 0 unspecified atom stereocenters. The van der Waals surface area contributed by atoms with E-state index in [0.717, 1.165) is 13.0 Å². The fourth-order valence-electron chi connectivity index (χ4n) is 1.10. The first-order valence-corrected chi connectivity index (χ1v) is 4.34. The van der Waals surface area contributed by atoms with Gasteiger partial charge >= 0.3 is 6.36 Å². The van der Waals surface area contributed by atoms with E-state index in [1.165, 1.54) is 0 Å². The molecule has 0 saturated carbocycles. The van der Waals surface area contributed by atoms with Crippen LogP contribution in [0.4, 0.5) is 17.6 Å². The molecule has 1 aromatic carbocycles. The van der Waals surface area contributed by atoms with Gasteiger partial charge in [0.15, 0.2) is 5.78 Å². The topological polar surface area (TPSA) is 26.3 Å². The highest BCUT2D eigenvalue weighted by atomic mass is 35.5. The summed E-state index contributed by atoms with van der Waals surface area (Å²) in [4.78, 5) is 11.0. The van der Waals surface area contributed by atoms with E-state index in [2.05, 4.69) is 4.74 Å². The van der Waals surface area contributed by atoms with Crippen LogP contribution in [0.3, 0.4) is 0 Å². The second kappa shape index (κ2) is 4.29. The fraction of sp³-hybridized carbons (Fsp3) is 0.222. The number of rotatable bonds is 2. The van der Waals surface area contributed by atoms with Crippen LogP contribution in [-0.2, 0) is 0 Å². The number of ether oxygens (including phenoxy) is 1. The molecule has 7 heteroatoms. The Morgan fingerprint density at radius 2 is 1.94 bits per heavy atom. The molecule has 0 aliphatic heterocycles. The van der Waals surface area contributed by atoms with Crippen LogP contribution >= 0.6 is 11.6 Å². The smallest absolute Gasteiger partial charge is 0.405 e. The van der Waals surface area contributed by atoms with E-state index in [1.807, 2.05) is 0 Å². The van der Waals surface area contributed by atoms with E-state index >= 15 is 0 Å². The first-order valence-electron chi connectivity index (χ1n) is 3.96. The van der Waals surface area contributed by atoms with Gasteiger partial charge in [0.1, 0.15) is 11.6 Å². The van der Waals surface area contributed by atoms with Gasteiger partial charge in [-0.25, -0.2) is 4.39 Å². The first kappa shape index (κ1) is 12.8. The highest BCUT2D eigenvalue weighted by Crippen LogP contribution is 2.32. The Kier molecular flexibility index (Phi) is 3.42. The molecule has 0 atom stereocenters. The second-order valence-corrected chi connectivity index (χ2v) is 3.27. The highest BCUT2D eigenvalue weighted by molar-refractivity contribution is 6.34. The molecule has 88 valence electrons. The number of carbonyl (C=O) groups excluding carboxylic acids is 1. The summed E-state index contributed by atoms with van der Waals surface area (Å²) in [5, 5.41) is -0.424. The van der Waals surface area contributed by atoms with Gasteiger partial charge in [-0.3, -0.25) is 4.79 Å². The Morgan fingerprint density at radius 3 is 2.38 bits per heavy atom. The molecule has 0 saturated heterocycles. The number of hydrogen-bond acceptors (Lipinski definition) is 2. The Morgan fingerprint density at radius 1 is 1.38 bits per heavy atom. The van der Waals surface area contributed by atoms with Crippen molar-refractivity contribution < 1.29 is 27.1 Å². The molecule has 0 fully saturated rings. The molecule has 0 N–H and O–H groups in total. The SMILES string of the molecule is CC(=O)c1c(Cl)cc(F)cc1OC(F)(F)F. The van der Waals surface area contributed by atoms with E-state index in [9.17, 15) is 22.4 Å². The lowest BCUT2D eigenvalue weighted by Gasteiger charge is -2.12. The van der Waals surface area contributed by atoms with Crippen molar-refractivity contribution in [1.82, 2.24) is 0 Å². The van der Waals surface area contributed by atoms with Crippen molar-refractivity contribution >= 4 is 17.4 Å². The summed E-state index contributed by atoms with van der Waals surface area (Å²) in [5.41, 5.74) is -0.500. The molecule has 0 amide bonds. The van der Waals surface area contributed by atoms with Gasteiger partial charge in [-0.1, -0.05) is 11.6 Å². The van der Waals surface area contributed by atoms with Gasteiger partial charge in [0.2, 0.25) is 0 Å². The Hall–Kier alpha value is -1.30. The molecule has 1 aromatic rings. The summed E-state index contributed by atoms with van der Waals surface area (Å²) in [5.74, 6) is -2.71. The molecule has 0 bridgehead atoms. The minimum Gasteiger partial charge on any atom is -0.405 e. The molecule has 1 rings (SSSR count). The van der Waals surface area contributed by atoms with Crippen molar-refractivity contribution in [3.8, 4) is 5.75 Å². The normalized spacial score (nSPS) is 11.4. The van der Waals surface area contributed by atoms with Gasteiger partial charge in [-0.15, -0.1) is 13.2 Å². The van der Waals surface area contributed by atoms with Crippen LogP contribution in [0.25, 0.3) is 0 Å². The zero-order chi connectivity index (χ0) is 12.5. The number of benzene rings is 1. The van der Waals surface area contributed by atoms with E-state index < -0.39 is 34.3 Å². The Labute approximate surface area is 92.8 Å². The summed E-state index contributed by atoms with van der Waals surface area (Å²) in [7, 11) is 0. The average Bonchev–Trinajstić information content (AvgIpc) is 1.96. The van der Waals surface area contributed by atoms with Crippen LogP contribution in [0.15, 0.2) is 12.1 Å². The molecule has 0 heterocycles. The van der Waals surface area contributed by atoms with Gasteiger partial charge in [0, 0.05) is 6.07 Å². The van der Waals surface area contributed by atoms with Crippen LogP contribution in [-0.4, -0.2) is 12.1 Å². The predicted octanol–water partition coefficient (Wildman–Crippen LogP) is 3.58. The minimum atomic E-state index is -5.01. The molecule has 0 aromatic heterocycles. The molecular weight excluding hydrogens is 252 g/mol. The summed E-state index contributed by atoms with van der Waals surface area (Å²) in [6.07, 6.45) is -5.01. The summed E-state index contributed by atoms with van der Waals surface area (Å²) >= 11 is 5.45. The third-order valence-corrected chi connectivity index (χ3v) is 1.89. The van der Waals surface area contributed by atoms with Crippen molar-refractivity contribution in [1.29, 1.82) is 0 Å². The van der Waals surface area contributed by atoms with Gasteiger partial charge < -0.3 is 4.74 Å². The van der Waals surface area contributed by atoms with E-state index in [0.29, 0.717) is 6.07 Å². The van der Waals surface area contributed by atoms with Crippen molar-refractivity contribution in [2.75, 3.05) is 0 Å². The lowest BCUT2D eigenvalue weighted by Crippen LogP contribution is -2.19. The monoisotopic (exact) mass is 256 g/mol. The van der Waals surface area contributed by atoms with Crippen molar-refractivity contribution in [2.24, 2.45) is 0 Å². The van der Waals surface area contributed by atoms with Crippen molar-refractivity contribution in [3.05, 3.63) is 28.5 Å². The molecule has 16 heavy (non-hydrogen) atoms. The molecular formula is C9H5ClF4O2. The maximum Gasteiger partial charge on any atom is 0.573 e. The van der Waals surface area contributed by atoms with E-state index in [1.54, 1.807) is 0 Å². The second-order valence-electron chi connectivity index (χ2n) is 2.86. The van der Waals surface area contributed by atoms with Gasteiger partial charge in [0.25, 0.3) is 0 Å². The van der Waals surface area contributed by atoms with Crippen LogP contribution in [0.2, 0.25) is 5.02 Å². The molecule has 0 aliphatic rings. The van der Waals surface area contributed by atoms with Crippen LogP contribution < -0.4 is 4.74 Å². The third-order valence-electron chi connectivity index (χ3n) is 1.60. The summed E-state index contributed by atoms with van der Waals surface area (Å²) in [6.45, 7) is 1.00. The first-order chi connectivity index (χ1) is 7.20. The standard InChI is InChI=1S/C9H5ClF4O2/c1-4(15)8-6(10)2-5(11)3-7(8)16-9(12,13)14/h2-3H,1H3. The number of Topliss-reactive ketones (excluding diaryl/α,β-unsaturated/α-hetero) is 1. The van der Waals surface area contributed by atoms with Crippen molar-refractivity contribution in [2.45, 2.75) is 13.3 Å². The minimum absolute atomic E-state index is 0.424. The Bertz CT molecular complexity index is 428. The van der Waals surface area contributed by atoms with E-state index in [4.69, 9.17) is 11.6 Å². The van der Waals surface area contributed by atoms with Crippen LogP contribution in [0.5, 0.6) is 5.75 Å². The lowest BCUT2D eigenvalue weighted by atomic mass is 10.1. The van der Waals surface area contributed by atoms with Crippen LogP contribution in [0.1, 0.15) is 17.3 Å². The maximum absolute atomic E-state index is 12.8. The zero-order valence-corrected chi connectivity index (χ0v) is 8.62. The number of ketones is 1. The molecule has 0 aliphatic carbocycles. The summed E-state index contributed by atoms with van der Waals surface area (Å²) < 4.78 is 52.2. The zero-order valence-electron chi connectivity index (χ0n) is 7.86. The average molecular weight is 257 g/mol. The summed E-state index contributed by atoms with van der Waals surface area (Å²) in [6, 6.07) is 1.19. The maximum atomic E-state index is 12.8. The van der Waals surface area contributed by atoms with Crippen LogP contribution in [0, 0.1) is 5.82 Å². The number of alkyl halides is 3. The fourth-order valence-corrected chi connectivity index (χ4v) is 1.43.